The molecule has 0 aliphatic rings. The van der Waals surface area contributed by atoms with E-state index in [0.29, 0.717) is 29.1 Å². The summed E-state index contributed by atoms with van der Waals surface area (Å²) in [6.07, 6.45) is 3.41. The highest BCUT2D eigenvalue weighted by atomic mass is 32.2. The predicted molar refractivity (Wildman–Crippen MR) is 184 cm³/mol. The minimum atomic E-state index is -0.471. The maximum atomic E-state index is 13.4. The zero-order valence-electron chi connectivity index (χ0n) is 26.0. The van der Waals surface area contributed by atoms with E-state index in [4.69, 9.17) is 4.74 Å². The van der Waals surface area contributed by atoms with Crippen molar-refractivity contribution in [2.75, 3.05) is 17.2 Å². The van der Waals surface area contributed by atoms with Gasteiger partial charge in [0.25, 0.3) is 11.8 Å². The van der Waals surface area contributed by atoms with Crippen LogP contribution < -0.4 is 16.0 Å². The normalized spacial score (nSPS) is 11.7. The summed E-state index contributed by atoms with van der Waals surface area (Å²) in [6, 6.07) is 30.0. The van der Waals surface area contributed by atoms with Gasteiger partial charge < -0.3 is 20.7 Å². The summed E-state index contributed by atoms with van der Waals surface area (Å²) in [6.45, 7) is 6.14. The lowest BCUT2D eigenvalue weighted by molar-refractivity contribution is -0.115. The molecule has 236 valence electrons. The van der Waals surface area contributed by atoms with Crippen LogP contribution >= 0.6 is 11.8 Å². The van der Waals surface area contributed by atoms with E-state index in [1.54, 1.807) is 73.7 Å². The molecule has 1 atom stereocenters. The van der Waals surface area contributed by atoms with Gasteiger partial charge in [0.05, 0.1) is 17.4 Å². The summed E-state index contributed by atoms with van der Waals surface area (Å²) in [5, 5.41) is 8.07. The van der Waals surface area contributed by atoms with Crippen LogP contribution in [0.1, 0.15) is 58.5 Å². The quantitative estimate of drug-likeness (QED) is 0.0608. The number of carbonyl (C=O) groups is 4. The van der Waals surface area contributed by atoms with Gasteiger partial charge in [-0.25, -0.2) is 4.79 Å². The van der Waals surface area contributed by atoms with Gasteiger partial charge in [0, 0.05) is 21.8 Å². The molecule has 0 aliphatic heterocycles. The van der Waals surface area contributed by atoms with Crippen LogP contribution in [0.25, 0.3) is 6.08 Å². The second-order valence-electron chi connectivity index (χ2n) is 10.5. The number of hydrogen-bond acceptors (Lipinski definition) is 6. The Kier molecular flexibility index (Phi) is 12.3. The molecule has 4 aromatic carbocycles. The summed E-state index contributed by atoms with van der Waals surface area (Å²) in [7, 11) is 0. The summed E-state index contributed by atoms with van der Waals surface area (Å²) >= 11 is 1.37. The molecule has 0 aliphatic carbocycles. The Hall–Kier alpha value is -5.15. The van der Waals surface area contributed by atoms with Gasteiger partial charge >= 0.3 is 5.97 Å². The smallest absolute Gasteiger partial charge is 0.338 e. The first kappa shape index (κ1) is 33.7. The molecule has 1 unspecified atom stereocenters. The molecule has 8 nitrogen and oxygen atoms in total. The maximum Gasteiger partial charge on any atom is 0.338 e. The van der Waals surface area contributed by atoms with E-state index >= 15 is 0 Å². The first-order valence-corrected chi connectivity index (χ1v) is 15.9. The van der Waals surface area contributed by atoms with Gasteiger partial charge in [-0.05, 0) is 98.1 Å². The number of anilines is 2. The van der Waals surface area contributed by atoms with Gasteiger partial charge in [-0.2, -0.15) is 0 Å². The molecule has 46 heavy (non-hydrogen) atoms. The van der Waals surface area contributed by atoms with Crippen molar-refractivity contribution in [2.45, 2.75) is 43.8 Å². The maximum absolute atomic E-state index is 13.4. The average molecular weight is 636 g/mol. The number of thioether (sulfide) groups is 1. The van der Waals surface area contributed by atoms with E-state index in [1.165, 1.54) is 11.8 Å². The lowest BCUT2D eigenvalue weighted by atomic mass is 10.1. The van der Waals surface area contributed by atoms with Crippen molar-refractivity contribution in [2.24, 2.45) is 0 Å². The summed E-state index contributed by atoms with van der Waals surface area (Å²) in [5.41, 5.74) is 3.85. The lowest BCUT2D eigenvalue weighted by Gasteiger charge is -2.14. The molecule has 0 bridgehead atoms. The molecular formula is C37H37N3O5S. The van der Waals surface area contributed by atoms with Crippen molar-refractivity contribution in [1.29, 1.82) is 0 Å². The highest BCUT2D eigenvalue weighted by molar-refractivity contribution is 8.00. The zero-order valence-corrected chi connectivity index (χ0v) is 26.9. The number of unbranched alkanes of at least 4 members (excludes halogenated alkanes) is 1. The van der Waals surface area contributed by atoms with Gasteiger partial charge in [0.15, 0.2) is 0 Å². The van der Waals surface area contributed by atoms with Crippen LogP contribution in [-0.2, 0) is 14.3 Å². The van der Waals surface area contributed by atoms with E-state index in [2.05, 4.69) is 16.0 Å². The second-order valence-corrected chi connectivity index (χ2v) is 11.9. The number of esters is 1. The van der Waals surface area contributed by atoms with Crippen LogP contribution in [0.15, 0.2) is 114 Å². The molecule has 0 heterocycles. The molecule has 0 radical (unpaired) electrons. The van der Waals surface area contributed by atoms with Gasteiger partial charge in [0.1, 0.15) is 5.70 Å². The number of hydrogen-bond donors (Lipinski definition) is 3. The van der Waals surface area contributed by atoms with Gasteiger partial charge in [-0.15, -0.1) is 11.8 Å². The van der Waals surface area contributed by atoms with Crippen LogP contribution in [-0.4, -0.2) is 35.5 Å². The Labute approximate surface area is 273 Å². The highest BCUT2D eigenvalue weighted by Crippen LogP contribution is 2.26. The van der Waals surface area contributed by atoms with Crippen molar-refractivity contribution in [1.82, 2.24) is 5.32 Å². The van der Waals surface area contributed by atoms with Gasteiger partial charge in [-0.1, -0.05) is 55.8 Å². The standard InChI is InChI=1S/C37H37N3O5S/c1-4-5-23-45-37(44)28-15-17-30(18-16-28)38-34(41)26(3)46-32-21-19-31(20-22-32)39-36(43)33(24-29-14-10-9-11-25(29)2)40-35(42)27-12-7-6-8-13-27/h6-22,24,26H,4-5,23H2,1-3H3,(H,38,41)(H,39,43)(H,40,42)/b33-24-. The Morgan fingerprint density at radius 1 is 0.783 bits per heavy atom. The van der Waals surface area contributed by atoms with Crippen molar-refractivity contribution in [3.8, 4) is 0 Å². The lowest BCUT2D eigenvalue weighted by Crippen LogP contribution is -2.30. The Bertz CT molecular complexity index is 1690. The molecule has 4 aromatic rings. The fourth-order valence-corrected chi connectivity index (χ4v) is 5.11. The van der Waals surface area contributed by atoms with Crippen LogP contribution in [0.5, 0.6) is 0 Å². The molecule has 0 fully saturated rings. The third kappa shape index (κ3) is 9.93. The molecular weight excluding hydrogens is 598 g/mol. The van der Waals surface area contributed by atoms with Crippen molar-refractivity contribution < 1.29 is 23.9 Å². The molecule has 4 rings (SSSR count). The van der Waals surface area contributed by atoms with E-state index in [0.717, 1.165) is 28.9 Å². The topological polar surface area (TPSA) is 114 Å². The van der Waals surface area contributed by atoms with Crippen LogP contribution in [0.4, 0.5) is 11.4 Å². The number of benzene rings is 4. The fourth-order valence-electron chi connectivity index (χ4n) is 4.25. The fraction of sp³-hybridized carbons (Fsp3) is 0.189. The monoisotopic (exact) mass is 635 g/mol. The van der Waals surface area contributed by atoms with Crippen LogP contribution in [0.3, 0.4) is 0 Å². The van der Waals surface area contributed by atoms with Crippen LogP contribution in [0.2, 0.25) is 0 Å². The van der Waals surface area contributed by atoms with Gasteiger partial charge in [-0.3, -0.25) is 14.4 Å². The number of carbonyl (C=O) groups excluding carboxylic acids is 4. The molecule has 0 spiro atoms. The van der Waals surface area contributed by atoms with E-state index in [1.807, 2.05) is 56.3 Å². The number of amides is 3. The Balaban J connectivity index is 1.36. The van der Waals surface area contributed by atoms with Crippen LogP contribution in [0, 0.1) is 6.92 Å². The average Bonchev–Trinajstić information content (AvgIpc) is 3.07. The SMILES string of the molecule is CCCCOC(=O)c1ccc(NC(=O)C(C)Sc2ccc(NC(=O)/C(=C/c3ccccc3C)NC(=O)c3ccccc3)cc2)cc1. The molecule has 0 saturated heterocycles. The summed E-state index contributed by atoms with van der Waals surface area (Å²) < 4.78 is 5.22. The summed E-state index contributed by atoms with van der Waals surface area (Å²) in [5.74, 6) is -1.44. The second kappa shape index (κ2) is 16.8. The largest absolute Gasteiger partial charge is 0.462 e. The number of rotatable bonds is 13. The molecule has 0 aromatic heterocycles. The van der Waals surface area contributed by atoms with Crippen molar-refractivity contribution in [3.63, 3.8) is 0 Å². The first-order valence-electron chi connectivity index (χ1n) is 15.0. The minimum Gasteiger partial charge on any atom is -0.462 e. The number of ether oxygens (including phenoxy) is 1. The molecule has 3 N–H and O–H groups in total. The Morgan fingerprint density at radius 2 is 1.41 bits per heavy atom. The molecule has 3 amide bonds. The Morgan fingerprint density at radius 3 is 2.09 bits per heavy atom. The molecule has 9 heteroatoms. The summed E-state index contributed by atoms with van der Waals surface area (Å²) in [4.78, 5) is 52.0. The number of aryl methyl sites for hydroxylation is 1. The van der Waals surface area contributed by atoms with Gasteiger partial charge in [0.2, 0.25) is 5.91 Å². The minimum absolute atomic E-state index is 0.105. The first-order chi connectivity index (χ1) is 22.2. The number of nitrogens with one attached hydrogen (secondary N) is 3. The highest BCUT2D eigenvalue weighted by Gasteiger charge is 2.17. The third-order valence-electron chi connectivity index (χ3n) is 6.93. The molecule has 0 saturated carbocycles. The van der Waals surface area contributed by atoms with E-state index in [9.17, 15) is 19.2 Å². The predicted octanol–water partition coefficient (Wildman–Crippen LogP) is 7.48. The van der Waals surface area contributed by atoms with Crippen molar-refractivity contribution in [3.05, 3.63) is 131 Å². The third-order valence-corrected chi connectivity index (χ3v) is 8.04. The van der Waals surface area contributed by atoms with Crippen molar-refractivity contribution >= 4 is 52.9 Å². The van der Waals surface area contributed by atoms with E-state index in [-0.39, 0.29) is 17.6 Å². The van der Waals surface area contributed by atoms with E-state index < -0.39 is 17.1 Å². The zero-order chi connectivity index (χ0) is 32.9.